The van der Waals surface area contributed by atoms with Crippen molar-refractivity contribution in [1.29, 1.82) is 0 Å². The predicted octanol–water partition coefficient (Wildman–Crippen LogP) is 1.03. The van der Waals surface area contributed by atoms with Crippen molar-refractivity contribution in [2.24, 2.45) is 5.92 Å². The van der Waals surface area contributed by atoms with Crippen LogP contribution in [0.3, 0.4) is 0 Å². The lowest BCUT2D eigenvalue weighted by atomic mass is 9.98. The zero-order chi connectivity index (χ0) is 10.6. The fraction of sp³-hybridized carbons (Fsp3) is 0.900. The van der Waals surface area contributed by atoms with Gasteiger partial charge in [-0.2, -0.15) is 0 Å². The lowest BCUT2D eigenvalue weighted by molar-refractivity contribution is -0.128. The molecule has 4 heteroatoms. The van der Waals surface area contributed by atoms with E-state index < -0.39 is 0 Å². The molecular formula is C10H19ClN2O. The SMILES string of the molecule is CN1CCC[C@@H](CN(C)C(=O)CCl)C1. The van der Waals surface area contributed by atoms with Gasteiger partial charge in [0, 0.05) is 20.1 Å². The van der Waals surface area contributed by atoms with Gasteiger partial charge in [0.15, 0.2) is 0 Å². The minimum atomic E-state index is 0.0277. The molecule has 0 aromatic carbocycles. The molecule has 1 amide bonds. The molecule has 1 aliphatic rings. The zero-order valence-corrected chi connectivity index (χ0v) is 9.76. The highest BCUT2D eigenvalue weighted by Crippen LogP contribution is 2.15. The number of rotatable bonds is 3. The maximum absolute atomic E-state index is 11.2. The molecule has 1 fully saturated rings. The van der Waals surface area contributed by atoms with Crippen LogP contribution in [0.1, 0.15) is 12.8 Å². The normalized spacial score (nSPS) is 23.5. The van der Waals surface area contributed by atoms with E-state index >= 15 is 0 Å². The number of amides is 1. The third-order valence-electron chi connectivity index (χ3n) is 2.79. The Kier molecular flexibility index (Phi) is 4.69. The van der Waals surface area contributed by atoms with E-state index in [1.54, 1.807) is 4.90 Å². The highest BCUT2D eigenvalue weighted by Gasteiger charge is 2.20. The van der Waals surface area contributed by atoms with Crippen LogP contribution in [0, 0.1) is 5.92 Å². The van der Waals surface area contributed by atoms with Crippen molar-refractivity contribution in [3.8, 4) is 0 Å². The molecule has 0 aromatic heterocycles. The number of carbonyl (C=O) groups is 1. The molecule has 82 valence electrons. The van der Waals surface area contributed by atoms with Gasteiger partial charge >= 0.3 is 0 Å². The molecule has 14 heavy (non-hydrogen) atoms. The van der Waals surface area contributed by atoms with Gasteiger partial charge in [0.05, 0.1) is 0 Å². The predicted molar refractivity (Wildman–Crippen MR) is 58.6 cm³/mol. The molecule has 1 rings (SSSR count). The van der Waals surface area contributed by atoms with Crippen LogP contribution in [0.2, 0.25) is 0 Å². The first-order valence-corrected chi connectivity index (χ1v) is 5.65. The molecular weight excluding hydrogens is 200 g/mol. The Bertz CT molecular complexity index is 199. The Hall–Kier alpha value is -0.280. The van der Waals surface area contributed by atoms with E-state index in [-0.39, 0.29) is 11.8 Å². The number of piperidine rings is 1. The van der Waals surface area contributed by atoms with Gasteiger partial charge in [-0.05, 0) is 32.4 Å². The van der Waals surface area contributed by atoms with Gasteiger partial charge in [-0.1, -0.05) is 0 Å². The second kappa shape index (κ2) is 5.56. The summed E-state index contributed by atoms with van der Waals surface area (Å²) in [6, 6.07) is 0. The fourth-order valence-electron chi connectivity index (χ4n) is 2.01. The average Bonchev–Trinajstić information content (AvgIpc) is 2.16. The molecule has 1 saturated heterocycles. The monoisotopic (exact) mass is 218 g/mol. The lowest BCUT2D eigenvalue weighted by Gasteiger charge is -2.32. The molecule has 1 atom stereocenters. The molecule has 0 bridgehead atoms. The molecule has 0 radical (unpaired) electrons. The maximum atomic E-state index is 11.2. The quantitative estimate of drug-likeness (QED) is 0.661. The first-order chi connectivity index (χ1) is 6.63. The Morgan fingerprint density at radius 2 is 2.36 bits per heavy atom. The minimum absolute atomic E-state index is 0.0277. The second-order valence-electron chi connectivity index (χ2n) is 4.18. The Labute approximate surface area is 91.0 Å². The minimum Gasteiger partial charge on any atom is -0.344 e. The van der Waals surface area contributed by atoms with Gasteiger partial charge in [-0.15, -0.1) is 11.6 Å². The number of carbonyl (C=O) groups excluding carboxylic acids is 1. The number of hydrogen-bond donors (Lipinski definition) is 0. The van der Waals surface area contributed by atoms with Crippen LogP contribution in [-0.2, 0) is 4.79 Å². The highest BCUT2D eigenvalue weighted by atomic mass is 35.5. The van der Waals surface area contributed by atoms with E-state index in [0.29, 0.717) is 5.92 Å². The van der Waals surface area contributed by atoms with Crippen molar-refractivity contribution < 1.29 is 4.79 Å². The summed E-state index contributed by atoms with van der Waals surface area (Å²) in [6.45, 7) is 3.12. The topological polar surface area (TPSA) is 23.6 Å². The summed E-state index contributed by atoms with van der Waals surface area (Å²) in [4.78, 5) is 15.3. The van der Waals surface area contributed by atoms with Crippen LogP contribution in [0.5, 0.6) is 0 Å². The number of halogens is 1. The Balaban J connectivity index is 2.32. The van der Waals surface area contributed by atoms with Crippen molar-refractivity contribution >= 4 is 17.5 Å². The van der Waals surface area contributed by atoms with Crippen molar-refractivity contribution in [3.63, 3.8) is 0 Å². The van der Waals surface area contributed by atoms with E-state index in [4.69, 9.17) is 11.6 Å². The van der Waals surface area contributed by atoms with Crippen molar-refractivity contribution in [3.05, 3.63) is 0 Å². The summed E-state index contributed by atoms with van der Waals surface area (Å²) in [6.07, 6.45) is 2.47. The number of likely N-dealkylation sites (tertiary alicyclic amines) is 1. The standard InChI is InChI=1S/C10H19ClN2O/c1-12-5-3-4-9(7-12)8-13(2)10(14)6-11/h9H,3-8H2,1-2H3/t9-/m1/s1. The molecule has 0 spiro atoms. The van der Waals surface area contributed by atoms with E-state index in [0.717, 1.165) is 13.1 Å². The van der Waals surface area contributed by atoms with Crippen molar-refractivity contribution in [2.45, 2.75) is 12.8 Å². The fourth-order valence-corrected chi connectivity index (χ4v) is 2.22. The molecule has 0 N–H and O–H groups in total. The van der Waals surface area contributed by atoms with Crippen LogP contribution >= 0.6 is 11.6 Å². The molecule has 0 aliphatic carbocycles. The summed E-state index contributed by atoms with van der Waals surface area (Å²) in [5, 5.41) is 0. The van der Waals surface area contributed by atoms with Gasteiger partial charge in [0.1, 0.15) is 5.88 Å². The van der Waals surface area contributed by atoms with Gasteiger partial charge in [0.2, 0.25) is 5.91 Å². The average molecular weight is 219 g/mol. The third kappa shape index (κ3) is 3.46. The Morgan fingerprint density at radius 3 is 2.93 bits per heavy atom. The van der Waals surface area contributed by atoms with E-state index in [9.17, 15) is 4.79 Å². The maximum Gasteiger partial charge on any atom is 0.237 e. The van der Waals surface area contributed by atoms with Crippen LogP contribution in [-0.4, -0.2) is 55.3 Å². The zero-order valence-electron chi connectivity index (χ0n) is 9.00. The number of alkyl halides is 1. The first kappa shape index (κ1) is 11.8. The number of hydrogen-bond acceptors (Lipinski definition) is 2. The van der Waals surface area contributed by atoms with Gasteiger partial charge in [-0.3, -0.25) is 4.79 Å². The van der Waals surface area contributed by atoms with Crippen molar-refractivity contribution in [2.75, 3.05) is 39.6 Å². The van der Waals surface area contributed by atoms with E-state index in [1.165, 1.54) is 19.4 Å². The summed E-state index contributed by atoms with van der Waals surface area (Å²) in [5.41, 5.74) is 0. The first-order valence-electron chi connectivity index (χ1n) is 5.12. The number of nitrogens with zero attached hydrogens (tertiary/aromatic N) is 2. The second-order valence-corrected chi connectivity index (χ2v) is 4.45. The van der Waals surface area contributed by atoms with Crippen LogP contribution in [0.15, 0.2) is 0 Å². The largest absolute Gasteiger partial charge is 0.344 e. The van der Waals surface area contributed by atoms with Gasteiger partial charge < -0.3 is 9.80 Å². The van der Waals surface area contributed by atoms with Gasteiger partial charge in [-0.25, -0.2) is 0 Å². The molecule has 1 heterocycles. The molecule has 0 unspecified atom stereocenters. The van der Waals surface area contributed by atoms with E-state index in [2.05, 4.69) is 11.9 Å². The highest BCUT2D eigenvalue weighted by molar-refractivity contribution is 6.27. The summed E-state index contributed by atoms with van der Waals surface area (Å²) < 4.78 is 0. The van der Waals surface area contributed by atoms with Crippen LogP contribution in [0.4, 0.5) is 0 Å². The summed E-state index contributed by atoms with van der Waals surface area (Å²) in [5.74, 6) is 0.741. The van der Waals surface area contributed by atoms with E-state index in [1.807, 2.05) is 7.05 Å². The molecule has 3 nitrogen and oxygen atoms in total. The lowest BCUT2D eigenvalue weighted by Crippen LogP contribution is -2.40. The van der Waals surface area contributed by atoms with Crippen LogP contribution < -0.4 is 0 Å². The third-order valence-corrected chi connectivity index (χ3v) is 3.02. The molecule has 0 aromatic rings. The smallest absolute Gasteiger partial charge is 0.237 e. The molecule has 0 saturated carbocycles. The van der Waals surface area contributed by atoms with Gasteiger partial charge in [0.25, 0.3) is 0 Å². The Morgan fingerprint density at radius 1 is 1.64 bits per heavy atom. The van der Waals surface area contributed by atoms with Crippen molar-refractivity contribution in [1.82, 2.24) is 9.80 Å². The van der Waals surface area contributed by atoms with Crippen LogP contribution in [0.25, 0.3) is 0 Å². The molecule has 1 aliphatic heterocycles. The summed E-state index contributed by atoms with van der Waals surface area (Å²) >= 11 is 5.49. The summed E-state index contributed by atoms with van der Waals surface area (Å²) in [7, 11) is 3.97.